The predicted molar refractivity (Wildman–Crippen MR) is 75.7 cm³/mol. The summed E-state index contributed by atoms with van der Waals surface area (Å²) >= 11 is 0. The lowest BCUT2D eigenvalue weighted by Crippen LogP contribution is -2.09. The predicted octanol–water partition coefficient (Wildman–Crippen LogP) is 1.51. The first-order valence-electron chi connectivity index (χ1n) is 6.62. The molecule has 0 spiro atoms. The summed E-state index contributed by atoms with van der Waals surface area (Å²) in [5, 5.41) is 11.0. The van der Waals surface area contributed by atoms with Crippen LogP contribution in [0.25, 0.3) is 0 Å². The van der Waals surface area contributed by atoms with E-state index in [1.165, 1.54) is 0 Å². The smallest absolute Gasteiger partial charge is 0.166 e. The molecule has 108 valence electrons. The lowest BCUT2D eigenvalue weighted by molar-refractivity contribution is 0.263. The summed E-state index contributed by atoms with van der Waals surface area (Å²) in [6, 6.07) is 5.90. The maximum atomic E-state index is 5.89. The number of nitrogens with one attached hydrogen (secondary N) is 1. The van der Waals surface area contributed by atoms with Gasteiger partial charge in [0.05, 0.1) is 12.8 Å². The molecule has 6 heteroatoms. The van der Waals surface area contributed by atoms with Crippen molar-refractivity contribution in [3.05, 3.63) is 35.7 Å². The Morgan fingerprint density at radius 2 is 2.15 bits per heavy atom. The van der Waals surface area contributed by atoms with Gasteiger partial charge in [-0.1, -0.05) is 17.3 Å². The fourth-order valence-electron chi connectivity index (χ4n) is 1.93. The average Bonchev–Trinajstić information content (AvgIpc) is 2.84. The van der Waals surface area contributed by atoms with Crippen molar-refractivity contribution in [2.45, 2.75) is 20.1 Å². The van der Waals surface area contributed by atoms with Gasteiger partial charge < -0.3 is 14.8 Å². The van der Waals surface area contributed by atoms with Crippen LogP contribution in [0.5, 0.6) is 11.5 Å². The highest BCUT2D eigenvalue weighted by Crippen LogP contribution is 2.32. The van der Waals surface area contributed by atoms with E-state index in [-0.39, 0.29) is 0 Å². The molecule has 2 aromatic rings. The SMILES string of the molecule is CCOc1cccc(CNC)c1OCc1cn(C)nn1. The minimum atomic E-state index is 0.370. The molecule has 0 bridgehead atoms. The standard InChI is InChI=1S/C14H20N4O2/c1-4-19-13-7-5-6-11(8-15-2)14(13)20-10-12-9-18(3)17-16-12/h5-7,9,15H,4,8,10H2,1-3H3. The highest BCUT2D eigenvalue weighted by molar-refractivity contribution is 5.46. The van der Waals surface area contributed by atoms with Crippen molar-refractivity contribution in [3.63, 3.8) is 0 Å². The molecule has 0 fully saturated rings. The quantitative estimate of drug-likeness (QED) is 0.830. The molecular weight excluding hydrogens is 256 g/mol. The van der Waals surface area contributed by atoms with Crippen LogP contribution < -0.4 is 14.8 Å². The molecule has 20 heavy (non-hydrogen) atoms. The first-order chi connectivity index (χ1) is 9.74. The van der Waals surface area contributed by atoms with Gasteiger partial charge in [-0.05, 0) is 20.0 Å². The van der Waals surface area contributed by atoms with Crippen molar-refractivity contribution < 1.29 is 9.47 Å². The van der Waals surface area contributed by atoms with Crippen molar-refractivity contribution in [3.8, 4) is 11.5 Å². The largest absolute Gasteiger partial charge is 0.490 e. The Labute approximate surface area is 118 Å². The minimum Gasteiger partial charge on any atom is -0.490 e. The van der Waals surface area contributed by atoms with Crippen LogP contribution >= 0.6 is 0 Å². The van der Waals surface area contributed by atoms with Crippen LogP contribution in [0.2, 0.25) is 0 Å². The molecule has 2 rings (SSSR count). The summed E-state index contributed by atoms with van der Waals surface area (Å²) in [4.78, 5) is 0. The van der Waals surface area contributed by atoms with E-state index in [9.17, 15) is 0 Å². The van der Waals surface area contributed by atoms with Crippen molar-refractivity contribution in [1.82, 2.24) is 20.3 Å². The van der Waals surface area contributed by atoms with Crippen LogP contribution in [0.1, 0.15) is 18.2 Å². The van der Waals surface area contributed by atoms with Crippen molar-refractivity contribution in [2.75, 3.05) is 13.7 Å². The van der Waals surface area contributed by atoms with Gasteiger partial charge in [-0.3, -0.25) is 4.68 Å². The number of ether oxygens (including phenoxy) is 2. The van der Waals surface area contributed by atoms with Crippen LogP contribution in [0.15, 0.2) is 24.4 Å². The number of rotatable bonds is 7. The minimum absolute atomic E-state index is 0.370. The molecule has 0 unspecified atom stereocenters. The third-order valence-corrected chi connectivity index (χ3v) is 2.74. The Balaban J connectivity index is 2.18. The summed E-state index contributed by atoms with van der Waals surface area (Å²) in [5.74, 6) is 1.51. The molecule has 0 amide bonds. The topological polar surface area (TPSA) is 61.2 Å². The van der Waals surface area contributed by atoms with Gasteiger partial charge in [0.2, 0.25) is 0 Å². The number of para-hydroxylation sites is 1. The molecular formula is C14H20N4O2. The lowest BCUT2D eigenvalue weighted by Gasteiger charge is -2.15. The van der Waals surface area contributed by atoms with Gasteiger partial charge in [-0.15, -0.1) is 5.10 Å². The zero-order valence-electron chi connectivity index (χ0n) is 12.1. The van der Waals surface area contributed by atoms with E-state index in [4.69, 9.17) is 9.47 Å². The molecule has 1 aromatic heterocycles. The Morgan fingerprint density at radius 1 is 1.30 bits per heavy atom. The van der Waals surface area contributed by atoms with Crippen LogP contribution in [0.4, 0.5) is 0 Å². The zero-order chi connectivity index (χ0) is 14.4. The second-order valence-electron chi connectivity index (χ2n) is 4.38. The summed E-state index contributed by atoms with van der Waals surface area (Å²) in [6.45, 7) is 3.65. The van der Waals surface area contributed by atoms with Crippen LogP contribution in [-0.4, -0.2) is 28.6 Å². The number of aromatic nitrogens is 3. The number of hydrogen-bond acceptors (Lipinski definition) is 5. The molecule has 1 heterocycles. The first kappa shape index (κ1) is 14.3. The molecule has 0 aliphatic carbocycles. The van der Waals surface area contributed by atoms with Crippen LogP contribution in [0.3, 0.4) is 0 Å². The third kappa shape index (κ3) is 3.48. The Bertz CT molecular complexity index is 530. The van der Waals surface area contributed by atoms with Gasteiger partial charge >= 0.3 is 0 Å². The molecule has 0 saturated carbocycles. The summed E-state index contributed by atoms with van der Waals surface area (Å²) < 4.78 is 13.2. The maximum Gasteiger partial charge on any atom is 0.166 e. The fourth-order valence-corrected chi connectivity index (χ4v) is 1.93. The monoisotopic (exact) mass is 276 g/mol. The molecule has 6 nitrogen and oxygen atoms in total. The number of benzene rings is 1. The van der Waals surface area contributed by atoms with Crippen molar-refractivity contribution >= 4 is 0 Å². The number of nitrogens with zero attached hydrogens (tertiary/aromatic N) is 3. The van der Waals surface area contributed by atoms with E-state index < -0.39 is 0 Å². The van der Waals surface area contributed by atoms with Gasteiger partial charge in [0, 0.05) is 19.2 Å². The van der Waals surface area contributed by atoms with Gasteiger partial charge in [0.15, 0.2) is 11.5 Å². The van der Waals surface area contributed by atoms with Crippen LogP contribution in [0, 0.1) is 0 Å². The van der Waals surface area contributed by atoms with Gasteiger partial charge in [0.25, 0.3) is 0 Å². The average molecular weight is 276 g/mol. The normalized spacial score (nSPS) is 10.6. The van der Waals surface area contributed by atoms with Gasteiger partial charge in [0.1, 0.15) is 12.3 Å². The Kier molecular flexibility index (Phi) is 4.95. The molecule has 1 aromatic carbocycles. The first-order valence-corrected chi connectivity index (χ1v) is 6.62. The fraction of sp³-hybridized carbons (Fsp3) is 0.429. The number of hydrogen-bond donors (Lipinski definition) is 1. The van der Waals surface area contributed by atoms with E-state index >= 15 is 0 Å². The third-order valence-electron chi connectivity index (χ3n) is 2.74. The Hall–Kier alpha value is -2.08. The maximum absolute atomic E-state index is 5.89. The lowest BCUT2D eigenvalue weighted by atomic mass is 10.2. The zero-order valence-corrected chi connectivity index (χ0v) is 12.1. The van der Waals surface area contributed by atoms with Crippen LogP contribution in [-0.2, 0) is 20.2 Å². The van der Waals surface area contributed by atoms with Gasteiger partial charge in [-0.2, -0.15) is 0 Å². The van der Waals surface area contributed by atoms with E-state index in [0.29, 0.717) is 13.2 Å². The molecule has 0 saturated heterocycles. The van der Waals surface area contributed by atoms with E-state index in [0.717, 1.165) is 29.3 Å². The summed E-state index contributed by atoms with van der Waals surface area (Å²) in [5.41, 5.74) is 1.84. The summed E-state index contributed by atoms with van der Waals surface area (Å²) in [7, 11) is 3.73. The van der Waals surface area contributed by atoms with Crippen molar-refractivity contribution in [2.24, 2.45) is 7.05 Å². The number of aryl methyl sites for hydroxylation is 1. The highest BCUT2D eigenvalue weighted by Gasteiger charge is 2.11. The molecule has 1 N–H and O–H groups in total. The highest BCUT2D eigenvalue weighted by atomic mass is 16.5. The molecule has 0 radical (unpaired) electrons. The molecule has 0 aliphatic rings. The van der Waals surface area contributed by atoms with E-state index in [1.807, 2.05) is 45.4 Å². The second-order valence-corrected chi connectivity index (χ2v) is 4.38. The van der Waals surface area contributed by atoms with Crippen molar-refractivity contribution in [1.29, 1.82) is 0 Å². The summed E-state index contributed by atoms with van der Waals surface area (Å²) in [6.07, 6.45) is 1.83. The van der Waals surface area contributed by atoms with Gasteiger partial charge in [-0.25, -0.2) is 0 Å². The molecule has 0 atom stereocenters. The van der Waals surface area contributed by atoms with E-state index in [2.05, 4.69) is 15.6 Å². The Morgan fingerprint density at radius 3 is 2.80 bits per heavy atom. The second kappa shape index (κ2) is 6.91. The molecule has 0 aliphatic heterocycles. The van der Waals surface area contributed by atoms with E-state index in [1.54, 1.807) is 4.68 Å².